The summed E-state index contributed by atoms with van der Waals surface area (Å²) in [4.78, 5) is 20.3. The van der Waals surface area contributed by atoms with Crippen molar-refractivity contribution in [3.8, 4) is 11.6 Å². The zero-order valence-electron chi connectivity index (χ0n) is 13.7. The Morgan fingerprint density at radius 1 is 1.16 bits per heavy atom. The second-order valence-electron chi connectivity index (χ2n) is 5.37. The van der Waals surface area contributed by atoms with E-state index in [0.29, 0.717) is 24.5 Å². The maximum atomic E-state index is 12.2. The van der Waals surface area contributed by atoms with E-state index in [0.717, 1.165) is 18.6 Å². The summed E-state index contributed by atoms with van der Waals surface area (Å²) >= 11 is 0. The second-order valence-corrected chi connectivity index (χ2v) is 5.37. The number of hydrogen-bond donors (Lipinski definition) is 1. The lowest BCUT2D eigenvalue weighted by Crippen LogP contribution is -2.25. The Labute approximate surface area is 145 Å². The van der Waals surface area contributed by atoms with E-state index in [1.807, 2.05) is 30.3 Å². The molecular weight excluding hydrogens is 318 g/mol. The third-order valence-corrected chi connectivity index (χ3v) is 3.53. The molecule has 0 aliphatic rings. The van der Waals surface area contributed by atoms with Gasteiger partial charge >= 0.3 is 0 Å². The third-order valence-electron chi connectivity index (χ3n) is 3.53. The topological polar surface area (TPSA) is 81.9 Å². The van der Waals surface area contributed by atoms with E-state index in [1.54, 1.807) is 18.3 Å². The highest BCUT2D eigenvalue weighted by molar-refractivity contribution is 5.94. The molecule has 2 heterocycles. The quantitative estimate of drug-likeness (QED) is 0.638. The highest BCUT2D eigenvalue weighted by Gasteiger charge is 2.07. The molecule has 3 rings (SSSR count). The number of ether oxygens (including phenoxy) is 1. The first-order chi connectivity index (χ1) is 12.3. The standard InChI is InChI=1S/C18H19N5O2/c24-18(15-8-10-20-17(12-15)23-14-19-13-22-23)21-9-4-5-11-25-16-6-2-1-3-7-16/h1-3,6-8,10,12-14H,4-5,9,11H2,(H,21,24). The van der Waals surface area contributed by atoms with Gasteiger partial charge in [-0.05, 0) is 37.1 Å². The number of nitrogens with zero attached hydrogens (tertiary/aromatic N) is 4. The molecule has 1 amide bonds. The van der Waals surface area contributed by atoms with Crippen molar-refractivity contribution in [2.24, 2.45) is 0 Å². The molecule has 0 aliphatic heterocycles. The Bertz CT molecular complexity index is 790. The lowest BCUT2D eigenvalue weighted by atomic mass is 10.2. The lowest BCUT2D eigenvalue weighted by Gasteiger charge is -2.08. The van der Waals surface area contributed by atoms with Crippen molar-refractivity contribution >= 4 is 5.91 Å². The summed E-state index contributed by atoms with van der Waals surface area (Å²) in [6.07, 6.45) is 6.26. The molecule has 0 fully saturated rings. The van der Waals surface area contributed by atoms with Gasteiger partial charge in [-0.15, -0.1) is 0 Å². The number of carbonyl (C=O) groups excluding carboxylic acids is 1. The molecule has 25 heavy (non-hydrogen) atoms. The SMILES string of the molecule is O=C(NCCCCOc1ccccc1)c1ccnc(-n2cncn2)c1. The second kappa shape index (κ2) is 8.58. The molecule has 128 valence electrons. The molecule has 2 aromatic heterocycles. The molecule has 0 saturated heterocycles. The van der Waals surface area contributed by atoms with Gasteiger partial charge in [-0.2, -0.15) is 5.10 Å². The average Bonchev–Trinajstić information content (AvgIpc) is 3.20. The van der Waals surface area contributed by atoms with Crippen LogP contribution in [0.3, 0.4) is 0 Å². The summed E-state index contributed by atoms with van der Waals surface area (Å²) in [5.41, 5.74) is 0.543. The van der Waals surface area contributed by atoms with E-state index >= 15 is 0 Å². The Hall–Kier alpha value is -3.22. The minimum atomic E-state index is -0.132. The number of para-hydroxylation sites is 1. The molecule has 1 aromatic carbocycles. The van der Waals surface area contributed by atoms with Crippen molar-refractivity contribution in [3.05, 3.63) is 66.9 Å². The van der Waals surface area contributed by atoms with Crippen molar-refractivity contribution in [2.75, 3.05) is 13.2 Å². The molecule has 0 unspecified atom stereocenters. The number of unbranched alkanes of at least 4 members (excludes halogenated alkanes) is 1. The number of nitrogens with one attached hydrogen (secondary N) is 1. The van der Waals surface area contributed by atoms with Crippen LogP contribution in [0.1, 0.15) is 23.2 Å². The number of amides is 1. The molecule has 7 nitrogen and oxygen atoms in total. The van der Waals surface area contributed by atoms with Crippen LogP contribution in [0.5, 0.6) is 5.75 Å². The molecule has 0 atom stereocenters. The van der Waals surface area contributed by atoms with E-state index < -0.39 is 0 Å². The van der Waals surface area contributed by atoms with Crippen molar-refractivity contribution in [1.29, 1.82) is 0 Å². The molecule has 0 aliphatic carbocycles. The summed E-state index contributed by atoms with van der Waals surface area (Å²) in [6, 6.07) is 13.1. The molecule has 3 aromatic rings. The summed E-state index contributed by atoms with van der Waals surface area (Å²) in [7, 11) is 0. The fraction of sp³-hybridized carbons (Fsp3) is 0.222. The van der Waals surface area contributed by atoms with Gasteiger partial charge in [-0.25, -0.2) is 14.6 Å². The van der Waals surface area contributed by atoms with E-state index in [9.17, 15) is 4.79 Å². The first-order valence-electron chi connectivity index (χ1n) is 8.10. The Kier molecular flexibility index (Phi) is 5.71. The van der Waals surface area contributed by atoms with Crippen LogP contribution in [0.25, 0.3) is 5.82 Å². The Morgan fingerprint density at radius 3 is 2.84 bits per heavy atom. The fourth-order valence-corrected chi connectivity index (χ4v) is 2.25. The van der Waals surface area contributed by atoms with Gasteiger partial charge in [0.15, 0.2) is 5.82 Å². The van der Waals surface area contributed by atoms with Crippen LogP contribution in [0.15, 0.2) is 61.3 Å². The average molecular weight is 337 g/mol. The van der Waals surface area contributed by atoms with Crippen LogP contribution in [-0.2, 0) is 0 Å². The minimum absolute atomic E-state index is 0.132. The van der Waals surface area contributed by atoms with E-state index in [4.69, 9.17) is 4.74 Å². The summed E-state index contributed by atoms with van der Waals surface area (Å²) in [5.74, 6) is 1.29. The zero-order valence-corrected chi connectivity index (χ0v) is 13.7. The molecule has 0 radical (unpaired) electrons. The normalized spacial score (nSPS) is 10.4. The van der Waals surface area contributed by atoms with Crippen LogP contribution in [-0.4, -0.2) is 38.8 Å². The van der Waals surface area contributed by atoms with E-state index in [2.05, 4.69) is 20.4 Å². The fourth-order valence-electron chi connectivity index (χ4n) is 2.25. The lowest BCUT2D eigenvalue weighted by molar-refractivity contribution is 0.0952. The molecular formula is C18H19N5O2. The number of carbonyl (C=O) groups is 1. The van der Waals surface area contributed by atoms with Gasteiger partial charge < -0.3 is 10.1 Å². The van der Waals surface area contributed by atoms with Crippen molar-refractivity contribution in [3.63, 3.8) is 0 Å². The third kappa shape index (κ3) is 4.87. The highest BCUT2D eigenvalue weighted by atomic mass is 16.5. The number of aromatic nitrogens is 4. The van der Waals surface area contributed by atoms with Crippen molar-refractivity contribution < 1.29 is 9.53 Å². The number of hydrogen-bond acceptors (Lipinski definition) is 5. The Morgan fingerprint density at radius 2 is 2.04 bits per heavy atom. The molecule has 1 N–H and O–H groups in total. The Balaban J connectivity index is 1.40. The van der Waals surface area contributed by atoms with Crippen molar-refractivity contribution in [1.82, 2.24) is 25.1 Å². The van der Waals surface area contributed by atoms with Gasteiger partial charge in [-0.3, -0.25) is 4.79 Å². The van der Waals surface area contributed by atoms with Crippen LogP contribution in [0, 0.1) is 0 Å². The highest BCUT2D eigenvalue weighted by Crippen LogP contribution is 2.09. The van der Waals surface area contributed by atoms with Crippen LogP contribution >= 0.6 is 0 Å². The molecule has 0 bridgehead atoms. The van der Waals surface area contributed by atoms with Crippen LogP contribution in [0.4, 0.5) is 0 Å². The largest absolute Gasteiger partial charge is 0.494 e. The summed E-state index contributed by atoms with van der Waals surface area (Å²) in [6.45, 7) is 1.23. The number of pyridine rings is 1. The maximum Gasteiger partial charge on any atom is 0.251 e. The zero-order chi connectivity index (χ0) is 17.3. The van der Waals surface area contributed by atoms with E-state index in [-0.39, 0.29) is 5.91 Å². The molecule has 0 spiro atoms. The van der Waals surface area contributed by atoms with Gasteiger partial charge in [0.05, 0.1) is 6.61 Å². The first kappa shape index (κ1) is 16.6. The van der Waals surface area contributed by atoms with Gasteiger partial charge in [0, 0.05) is 18.3 Å². The number of rotatable bonds is 8. The monoisotopic (exact) mass is 337 g/mol. The molecule has 7 heteroatoms. The van der Waals surface area contributed by atoms with Gasteiger partial charge in [-0.1, -0.05) is 18.2 Å². The predicted octanol–water partition coefficient (Wildman–Crippen LogP) is 2.25. The van der Waals surface area contributed by atoms with Gasteiger partial charge in [0.2, 0.25) is 0 Å². The summed E-state index contributed by atoms with van der Waals surface area (Å²) in [5, 5.41) is 6.91. The van der Waals surface area contributed by atoms with Crippen LogP contribution in [0.2, 0.25) is 0 Å². The smallest absolute Gasteiger partial charge is 0.251 e. The number of benzene rings is 1. The minimum Gasteiger partial charge on any atom is -0.494 e. The maximum absolute atomic E-state index is 12.2. The first-order valence-corrected chi connectivity index (χ1v) is 8.10. The summed E-state index contributed by atoms with van der Waals surface area (Å²) < 4.78 is 7.13. The molecule has 0 saturated carbocycles. The van der Waals surface area contributed by atoms with Crippen molar-refractivity contribution in [2.45, 2.75) is 12.8 Å². The predicted molar refractivity (Wildman–Crippen MR) is 92.7 cm³/mol. The van der Waals surface area contributed by atoms with Gasteiger partial charge in [0.1, 0.15) is 18.4 Å². The van der Waals surface area contributed by atoms with E-state index in [1.165, 1.54) is 17.3 Å². The van der Waals surface area contributed by atoms with Gasteiger partial charge in [0.25, 0.3) is 5.91 Å². The van der Waals surface area contributed by atoms with Crippen LogP contribution < -0.4 is 10.1 Å².